The number of rotatable bonds is 2. The zero-order valence-electron chi connectivity index (χ0n) is 10.2. The first-order chi connectivity index (χ1) is 8.22. The summed E-state index contributed by atoms with van der Waals surface area (Å²) in [5.74, 6) is 0. The summed E-state index contributed by atoms with van der Waals surface area (Å²) in [5, 5.41) is 3.71. The van der Waals surface area contributed by atoms with Crippen LogP contribution in [0.3, 0.4) is 0 Å². The van der Waals surface area contributed by atoms with Crippen LogP contribution in [0.1, 0.15) is 25.7 Å². The second kappa shape index (κ2) is 4.76. The van der Waals surface area contributed by atoms with Crippen LogP contribution in [0.25, 0.3) is 0 Å². The lowest BCUT2D eigenvalue weighted by Gasteiger charge is -2.37. The summed E-state index contributed by atoms with van der Waals surface area (Å²) in [4.78, 5) is 2.59. The molecule has 3 rings (SSSR count). The molecule has 3 heteroatoms. The summed E-state index contributed by atoms with van der Waals surface area (Å²) >= 11 is 2.38. The third-order valence-electron chi connectivity index (χ3n) is 4.29. The van der Waals surface area contributed by atoms with Gasteiger partial charge < -0.3 is 10.2 Å². The number of halogens is 1. The van der Waals surface area contributed by atoms with Crippen molar-refractivity contribution in [2.45, 2.75) is 43.8 Å². The van der Waals surface area contributed by atoms with Crippen LogP contribution in [-0.4, -0.2) is 30.1 Å². The number of anilines is 1. The summed E-state index contributed by atoms with van der Waals surface area (Å²) in [7, 11) is 2.30. The normalized spacial score (nSPS) is 32.7. The molecule has 1 aromatic rings. The number of benzene rings is 1. The Hall–Kier alpha value is -0.290. The molecule has 92 valence electrons. The lowest BCUT2D eigenvalue weighted by Crippen LogP contribution is -2.44. The highest BCUT2D eigenvalue weighted by molar-refractivity contribution is 14.1. The molecule has 0 saturated carbocycles. The van der Waals surface area contributed by atoms with Gasteiger partial charge in [0.15, 0.2) is 0 Å². The van der Waals surface area contributed by atoms with Crippen LogP contribution in [0.15, 0.2) is 24.3 Å². The van der Waals surface area contributed by atoms with Crippen molar-refractivity contribution in [2.24, 2.45) is 0 Å². The monoisotopic (exact) mass is 342 g/mol. The first kappa shape index (κ1) is 11.8. The van der Waals surface area contributed by atoms with Crippen molar-refractivity contribution in [2.75, 3.05) is 12.4 Å². The Kier molecular flexibility index (Phi) is 3.30. The molecular weight excluding hydrogens is 323 g/mol. The minimum Gasteiger partial charge on any atom is -0.382 e. The van der Waals surface area contributed by atoms with Gasteiger partial charge in [-0.15, -0.1) is 0 Å². The van der Waals surface area contributed by atoms with Crippen molar-refractivity contribution in [3.63, 3.8) is 0 Å². The van der Waals surface area contributed by atoms with E-state index in [0.29, 0.717) is 6.04 Å². The molecule has 2 unspecified atom stereocenters. The maximum atomic E-state index is 3.71. The van der Waals surface area contributed by atoms with Gasteiger partial charge in [-0.1, -0.05) is 6.07 Å². The Labute approximate surface area is 117 Å². The summed E-state index contributed by atoms with van der Waals surface area (Å²) < 4.78 is 1.31. The van der Waals surface area contributed by atoms with E-state index in [1.165, 1.54) is 34.9 Å². The van der Waals surface area contributed by atoms with Crippen molar-refractivity contribution in [3.05, 3.63) is 27.8 Å². The van der Waals surface area contributed by atoms with Gasteiger partial charge in [0.2, 0.25) is 0 Å². The predicted octanol–water partition coefficient (Wildman–Crippen LogP) is 3.33. The number of nitrogens with one attached hydrogen (secondary N) is 1. The number of fused-ring (bicyclic) bond motifs is 2. The number of nitrogens with zero attached hydrogens (tertiary/aromatic N) is 1. The van der Waals surface area contributed by atoms with Crippen LogP contribution in [-0.2, 0) is 0 Å². The standard InChI is InChI=1S/C14H19IN2/c1-17-13-5-6-14(17)9-12(8-13)16-11-4-2-3-10(15)7-11/h2-4,7,12-14,16H,5-6,8-9H2,1H3. The average molecular weight is 342 g/mol. The largest absolute Gasteiger partial charge is 0.382 e. The van der Waals surface area contributed by atoms with Gasteiger partial charge in [-0.05, 0) is 73.5 Å². The molecule has 0 aromatic heterocycles. The zero-order chi connectivity index (χ0) is 11.8. The molecule has 2 fully saturated rings. The van der Waals surface area contributed by atoms with Crippen LogP contribution in [0.5, 0.6) is 0 Å². The van der Waals surface area contributed by atoms with Crippen molar-refractivity contribution in [1.82, 2.24) is 4.90 Å². The van der Waals surface area contributed by atoms with Crippen molar-refractivity contribution in [1.29, 1.82) is 0 Å². The first-order valence-electron chi connectivity index (χ1n) is 6.46. The van der Waals surface area contributed by atoms with Gasteiger partial charge in [-0.2, -0.15) is 0 Å². The summed E-state index contributed by atoms with van der Waals surface area (Å²) in [6, 6.07) is 11.0. The third kappa shape index (κ3) is 2.45. The minimum atomic E-state index is 0.668. The lowest BCUT2D eigenvalue weighted by atomic mass is 9.98. The molecule has 2 atom stereocenters. The molecule has 17 heavy (non-hydrogen) atoms. The number of hydrogen-bond donors (Lipinski definition) is 1. The molecule has 0 radical (unpaired) electrons. The van der Waals surface area contributed by atoms with Crippen LogP contribution in [0.2, 0.25) is 0 Å². The van der Waals surface area contributed by atoms with E-state index in [1.54, 1.807) is 0 Å². The number of hydrogen-bond acceptors (Lipinski definition) is 2. The van der Waals surface area contributed by atoms with E-state index in [9.17, 15) is 0 Å². The van der Waals surface area contributed by atoms with Gasteiger partial charge in [-0.25, -0.2) is 0 Å². The topological polar surface area (TPSA) is 15.3 Å². The summed E-state index contributed by atoms with van der Waals surface area (Å²) in [5.41, 5.74) is 1.28. The van der Waals surface area contributed by atoms with Crippen molar-refractivity contribution in [3.8, 4) is 0 Å². The van der Waals surface area contributed by atoms with E-state index in [2.05, 4.69) is 64.1 Å². The molecule has 2 aliphatic heterocycles. The second-order valence-corrected chi connectivity index (χ2v) is 6.62. The van der Waals surface area contributed by atoms with Crippen molar-refractivity contribution < 1.29 is 0 Å². The first-order valence-corrected chi connectivity index (χ1v) is 7.54. The van der Waals surface area contributed by atoms with Gasteiger partial charge in [0.1, 0.15) is 0 Å². The average Bonchev–Trinajstić information content (AvgIpc) is 2.52. The van der Waals surface area contributed by atoms with Crippen LogP contribution in [0, 0.1) is 3.57 Å². The molecule has 2 saturated heterocycles. The van der Waals surface area contributed by atoms with E-state index in [1.807, 2.05) is 0 Å². The molecule has 0 spiro atoms. The smallest absolute Gasteiger partial charge is 0.0352 e. The second-order valence-electron chi connectivity index (χ2n) is 5.37. The SMILES string of the molecule is CN1C2CCC1CC(Nc1cccc(I)c1)C2. The van der Waals surface area contributed by atoms with E-state index in [0.717, 1.165) is 12.1 Å². The Balaban J connectivity index is 1.67. The zero-order valence-corrected chi connectivity index (χ0v) is 12.4. The van der Waals surface area contributed by atoms with E-state index < -0.39 is 0 Å². The van der Waals surface area contributed by atoms with Crippen LogP contribution >= 0.6 is 22.6 Å². The minimum absolute atomic E-state index is 0.668. The summed E-state index contributed by atoms with van der Waals surface area (Å²) in [6.45, 7) is 0. The maximum Gasteiger partial charge on any atom is 0.0352 e. The molecule has 2 bridgehead atoms. The Morgan fingerprint density at radius 3 is 2.59 bits per heavy atom. The molecule has 1 aromatic carbocycles. The molecule has 1 N–H and O–H groups in total. The van der Waals surface area contributed by atoms with E-state index in [4.69, 9.17) is 0 Å². The highest BCUT2D eigenvalue weighted by Crippen LogP contribution is 2.35. The van der Waals surface area contributed by atoms with Crippen molar-refractivity contribution >= 4 is 28.3 Å². The quantitative estimate of drug-likeness (QED) is 0.830. The highest BCUT2D eigenvalue weighted by atomic mass is 127. The maximum absolute atomic E-state index is 3.71. The molecule has 2 nitrogen and oxygen atoms in total. The van der Waals surface area contributed by atoms with Gasteiger partial charge in [0, 0.05) is 27.4 Å². The Morgan fingerprint density at radius 1 is 1.24 bits per heavy atom. The lowest BCUT2D eigenvalue weighted by molar-refractivity contribution is 0.169. The van der Waals surface area contributed by atoms with E-state index >= 15 is 0 Å². The van der Waals surface area contributed by atoms with Crippen LogP contribution < -0.4 is 5.32 Å². The third-order valence-corrected chi connectivity index (χ3v) is 4.96. The van der Waals surface area contributed by atoms with Gasteiger partial charge in [0.25, 0.3) is 0 Å². The highest BCUT2D eigenvalue weighted by Gasteiger charge is 2.38. The molecule has 2 aliphatic rings. The fourth-order valence-corrected chi connectivity index (χ4v) is 3.89. The molecular formula is C14H19IN2. The molecule has 0 aliphatic carbocycles. The number of piperidine rings is 1. The molecule has 0 amide bonds. The van der Waals surface area contributed by atoms with E-state index in [-0.39, 0.29) is 0 Å². The van der Waals surface area contributed by atoms with Crippen LogP contribution in [0.4, 0.5) is 5.69 Å². The Morgan fingerprint density at radius 2 is 1.94 bits per heavy atom. The van der Waals surface area contributed by atoms with Gasteiger partial charge >= 0.3 is 0 Å². The fourth-order valence-electron chi connectivity index (χ4n) is 3.34. The van der Waals surface area contributed by atoms with Gasteiger partial charge in [-0.3, -0.25) is 0 Å². The predicted molar refractivity (Wildman–Crippen MR) is 80.4 cm³/mol. The molecule has 2 heterocycles. The fraction of sp³-hybridized carbons (Fsp3) is 0.571. The van der Waals surface area contributed by atoms with Gasteiger partial charge in [0.05, 0.1) is 0 Å². The summed E-state index contributed by atoms with van der Waals surface area (Å²) in [6.07, 6.45) is 5.40. The Bertz CT molecular complexity index is 393.